The minimum Gasteiger partial charge on any atom is -0.484 e. The minimum atomic E-state index is -0.751. The van der Waals surface area contributed by atoms with Crippen molar-refractivity contribution in [2.75, 3.05) is 6.61 Å². The maximum Gasteiger partial charge on any atom is 0.293 e. The van der Waals surface area contributed by atoms with Gasteiger partial charge < -0.3 is 9.15 Å². The van der Waals surface area contributed by atoms with Crippen LogP contribution in [-0.2, 0) is 4.79 Å². The molecule has 0 radical (unpaired) electrons. The van der Waals surface area contributed by atoms with Crippen LogP contribution in [0, 0.1) is 20.2 Å². The van der Waals surface area contributed by atoms with Gasteiger partial charge in [0.25, 0.3) is 23.2 Å². The molecule has 0 saturated heterocycles. The summed E-state index contributed by atoms with van der Waals surface area (Å²) < 4.78 is 10.6. The molecule has 174 valence electrons. The van der Waals surface area contributed by atoms with Gasteiger partial charge in [0, 0.05) is 18.2 Å². The molecule has 14 heteroatoms. The maximum atomic E-state index is 12.3. The van der Waals surface area contributed by atoms with Crippen LogP contribution in [0.2, 0.25) is 0 Å². The number of thiocarbonyl (C=S) groups is 1. The van der Waals surface area contributed by atoms with Gasteiger partial charge >= 0.3 is 0 Å². The summed E-state index contributed by atoms with van der Waals surface area (Å²) in [7, 11) is 0. The van der Waals surface area contributed by atoms with Crippen molar-refractivity contribution in [3.05, 3.63) is 86.7 Å². The number of amides is 2. The van der Waals surface area contributed by atoms with Crippen LogP contribution < -0.4 is 20.9 Å². The fourth-order valence-corrected chi connectivity index (χ4v) is 2.76. The lowest BCUT2D eigenvalue weighted by Gasteiger charge is -2.10. The third kappa shape index (κ3) is 6.10. The normalized spacial score (nSPS) is 10.1. The number of nitrogens with zero attached hydrogens (tertiary/aromatic N) is 2. The smallest absolute Gasteiger partial charge is 0.293 e. The van der Waals surface area contributed by atoms with E-state index in [4.69, 9.17) is 21.4 Å². The van der Waals surface area contributed by atoms with E-state index in [2.05, 4.69) is 16.2 Å². The lowest BCUT2D eigenvalue weighted by molar-refractivity contribution is -0.384. The van der Waals surface area contributed by atoms with Crippen molar-refractivity contribution >= 4 is 40.5 Å². The fraction of sp³-hybridized carbons (Fsp3) is 0.0500. The molecule has 0 fully saturated rings. The molecular formula is C20H15N5O8S. The SMILES string of the molecule is O=C(COc1ccc([N+](=O)[O-])cc1)NNC(=S)NC(=O)c1ccc(-c2ccccc2[N+](=O)[O-])o1. The average molecular weight is 485 g/mol. The molecule has 0 aliphatic heterocycles. The van der Waals surface area contributed by atoms with E-state index in [1.807, 2.05) is 0 Å². The highest BCUT2D eigenvalue weighted by Gasteiger charge is 2.19. The molecule has 1 aromatic heterocycles. The average Bonchev–Trinajstić information content (AvgIpc) is 3.32. The lowest BCUT2D eigenvalue weighted by atomic mass is 10.1. The van der Waals surface area contributed by atoms with Crippen LogP contribution in [0.5, 0.6) is 5.75 Å². The maximum absolute atomic E-state index is 12.3. The highest BCUT2D eigenvalue weighted by atomic mass is 32.1. The number of ether oxygens (including phenoxy) is 1. The first-order valence-corrected chi connectivity index (χ1v) is 9.76. The number of hydrogen-bond acceptors (Lipinski definition) is 9. The van der Waals surface area contributed by atoms with E-state index in [9.17, 15) is 29.8 Å². The number of furan rings is 1. The first kappa shape index (κ1) is 23.8. The largest absolute Gasteiger partial charge is 0.484 e. The Balaban J connectivity index is 1.48. The molecule has 0 aliphatic rings. The predicted molar refractivity (Wildman–Crippen MR) is 121 cm³/mol. The van der Waals surface area contributed by atoms with E-state index in [0.717, 1.165) is 0 Å². The lowest BCUT2D eigenvalue weighted by Crippen LogP contribution is -2.49. The van der Waals surface area contributed by atoms with Gasteiger partial charge in [-0.1, -0.05) is 12.1 Å². The van der Waals surface area contributed by atoms with Crippen molar-refractivity contribution in [3.63, 3.8) is 0 Å². The number of carbonyl (C=O) groups is 2. The van der Waals surface area contributed by atoms with E-state index in [1.165, 1.54) is 54.6 Å². The number of nitro groups is 2. The van der Waals surface area contributed by atoms with Gasteiger partial charge in [0.2, 0.25) is 0 Å². The summed E-state index contributed by atoms with van der Waals surface area (Å²) in [5.41, 5.74) is 4.41. The Labute approximate surface area is 196 Å². The second kappa shape index (κ2) is 10.6. The summed E-state index contributed by atoms with van der Waals surface area (Å²) in [5.74, 6) is -1.20. The van der Waals surface area contributed by atoms with Gasteiger partial charge in [-0.05, 0) is 42.5 Å². The molecular weight excluding hydrogens is 470 g/mol. The molecule has 2 amide bonds. The summed E-state index contributed by atoms with van der Waals surface area (Å²) in [5, 5.41) is 23.8. The number of non-ortho nitro benzene ring substituents is 1. The zero-order valence-electron chi connectivity index (χ0n) is 17.0. The number of hydrogen-bond donors (Lipinski definition) is 3. The third-order valence-corrected chi connectivity index (χ3v) is 4.36. The van der Waals surface area contributed by atoms with Crippen molar-refractivity contribution in [2.24, 2.45) is 0 Å². The summed E-state index contributed by atoms with van der Waals surface area (Å²) in [4.78, 5) is 44.8. The highest BCUT2D eigenvalue weighted by Crippen LogP contribution is 2.30. The minimum absolute atomic E-state index is 0.119. The molecule has 0 saturated carbocycles. The zero-order chi connectivity index (χ0) is 24.7. The second-order valence-electron chi connectivity index (χ2n) is 6.43. The van der Waals surface area contributed by atoms with E-state index in [0.29, 0.717) is 0 Å². The van der Waals surface area contributed by atoms with Crippen molar-refractivity contribution in [1.82, 2.24) is 16.2 Å². The zero-order valence-corrected chi connectivity index (χ0v) is 17.9. The number of nitrogens with one attached hydrogen (secondary N) is 3. The molecule has 34 heavy (non-hydrogen) atoms. The topological polar surface area (TPSA) is 179 Å². The molecule has 13 nitrogen and oxygen atoms in total. The number of benzene rings is 2. The quantitative estimate of drug-likeness (QED) is 0.256. The van der Waals surface area contributed by atoms with Crippen LogP contribution in [0.1, 0.15) is 10.6 Å². The van der Waals surface area contributed by atoms with Gasteiger partial charge in [-0.2, -0.15) is 0 Å². The first-order valence-electron chi connectivity index (χ1n) is 9.35. The second-order valence-corrected chi connectivity index (χ2v) is 6.84. The Morgan fingerprint density at radius 3 is 2.32 bits per heavy atom. The van der Waals surface area contributed by atoms with Crippen molar-refractivity contribution in [1.29, 1.82) is 0 Å². The summed E-state index contributed by atoms with van der Waals surface area (Å²) in [6, 6.07) is 13.8. The molecule has 0 spiro atoms. The Bertz CT molecular complexity index is 1260. The number of nitro benzene ring substituents is 2. The Morgan fingerprint density at radius 1 is 0.941 bits per heavy atom. The van der Waals surface area contributed by atoms with Gasteiger partial charge in [0.15, 0.2) is 17.5 Å². The molecule has 0 aliphatic carbocycles. The number of para-hydroxylation sites is 1. The summed E-state index contributed by atoms with van der Waals surface area (Å²) in [6.45, 7) is -0.432. The van der Waals surface area contributed by atoms with Gasteiger partial charge in [-0.15, -0.1) is 0 Å². The van der Waals surface area contributed by atoms with Crippen molar-refractivity contribution in [3.8, 4) is 17.1 Å². The van der Waals surface area contributed by atoms with Crippen molar-refractivity contribution < 1.29 is 28.6 Å². The molecule has 0 bridgehead atoms. The molecule has 2 aromatic carbocycles. The van der Waals surface area contributed by atoms with Crippen LogP contribution in [-0.4, -0.2) is 33.4 Å². The van der Waals surface area contributed by atoms with E-state index < -0.39 is 28.3 Å². The van der Waals surface area contributed by atoms with Crippen LogP contribution in [0.15, 0.2) is 65.1 Å². The van der Waals surface area contributed by atoms with Gasteiger partial charge in [0.05, 0.1) is 15.4 Å². The Hall–Kier alpha value is -4.85. The highest BCUT2D eigenvalue weighted by molar-refractivity contribution is 7.80. The molecule has 3 aromatic rings. The number of rotatable bonds is 7. The molecule has 1 heterocycles. The Morgan fingerprint density at radius 2 is 1.65 bits per heavy atom. The standard InChI is InChI=1S/C20H15N5O8S/c26-18(11-32-13-7-5-12(6-8-13)24(28)29)22-23-20(34)21-19(27)17-10-9-16(33-17)14-3-1-2-4-15(14)25(30)31/h1-10H,11H2,(H,22,26)(H2,21,23,27,34). The molecule has 0 atom stereocenters. The number of hydrazine groups is 1. The van der Waals surface area contributed by atoms with Gasteiger partial charge in [-0.25, -0.2) is 0 Å². The van der Waals surface area contributed by atoms with Crippen LogP contribution >= 0.6 is 12.2 Å². The Kier molecular flexibility index (Phi) is 7.45. The van der Waals surface area contributed by atoms with E-state index in [1.54, 1.807) is 6.07 Å². The molecule has 3 rings (SSSR count). The van der Waals surface area contributed by atoms with Crippen LogP contribution in [0.25, 0.3) is 11.3 Å². The fourth-order valence-electron chi connectivity index (χ4n) is 2.62. The summed E-state index contributed by atoms with van der Waals surface area (Å²) in [6.07, 6.45) is 0. The van der Waals surface area contributed by atoms with E-state index >= 15 is 0 Å². The van der Waals surface area contributed by atoms with Crippen molar-refractivity contribution in [2.45, 2.75) is 0 Å². The molecule has 3 N–H and O–H groups in total. The van der Waals surface area contributed by atoms with Gasteiger partial charge in [-0.3, -0.25) is 46.0 Å². The van der Waals surface area contributed by atoms with E-state index in [-0.39, 0.29) is 39.3 Å². The molecule has 0 unspecified atom stereocenters. The van der Waals surface area contributed by atoms with Crippen LogP contribution in [0.4, 0.5) is 11.4 Å². The monoisotopic (exact) mass is 485 g/mol. The van der Waals surface area contributed by atoms with Gasteiger partial charge in [0.1, 0.15) is 11.5 Å². The van der Waals surface area contributed by atoms with Crippen LogP contribution in [0.3, 0.4) is 0 Å². The predicted octanol–water partition coefficient (Wildman–Crippen LogP) is 2.48. The first-order chi connectivity index (χ1) is 16.2. The number of carbonyl (C=O) groups excluding carboxylic acids is 2. The third-order valence-electron chi connectivity index (χ3n) is 4.16. The summed E-state index contributed by atoms with van der Waals surface area (Å²) >= 11 is 4.93.